The van der Waals surface area contributed by atoms with Crippen LogP contribution in [-0.4, -0.2) is 31.6 Å². The Morgan fingerprint density at radius 2 is 2.00 bits per heavy atom. The van der Waals surface area contributed by atoms with Gasteiger partial charge in [-0.3, -0.25) is 4.72 Å². The van der Waals surface area contributed by atoms with Crippen molar-refractivity contribution in [2.24, 2.45) is 17.3 Å². The summed E-state index contributed by atoms with van der Waals surface area (Å²) in [6.45, 7) is 4.61. The fraction of sp³-hybridized carbons (Fsp3) is 0.517. The number of benzene rings is 1. The number of aromatic carboxylic acids is 1. The molecule has 0 radical (unpaired) electrons. The van der Waals surface area contributed by atoms with Gasteiger partial charge in [0.2, 0.25) is 0 Å². The molecule has 1 atom stereocenters. The molecule has 1 heterocycles. The number of carboxylic acids is 1. The van der Waals surface area contributed by atoms with E-state index in [1.165, 1.54) is 93.4 Å². The first-order chi connectivity index (χ1) is 18.1. The topological polar surface area (TPSA) is 106 Å². The molecule has 38 heavy (non-hydrogen) atoms. The maximum Gasteiger partial charge on any atom is 0.335 e. The summed E-state index contributed by atoms with van der Waals surface area (Å²) in [5.41, 5.74) is 1.23. The summed E-state index contributed by atoms with van der Waals surface area (Å²) in [4.78, 5) is 15.6. The van der Waals surface area contributed by atoms with E-state index >= 15 is 0 Å². The third-order valence-corrected chi connectivity index (χ3v) is 10.4. The SMILES string of the molecule is CCCCC[C@H]1CC[C@H](C2(C)C=CC(c3nc(S(=O)(=O)Nc4ccc(C(=O)O)cc4OC)cs3)=CC2)CC1. The lowest BCUT2D eigenvalue weighted by Gasteiger charge is -2.41. The van der Waals surface area contributed by atoms with Crippen molar-refractivity contribution in [2.75, 3.05) is 11.8 Å². The number of hydrogen-bond acceptors (Lipinski definition) is 6. The van der Waals surface area contributed by atoms with Gasteiger partial charge in [-0.25, -0.2) is 9.78 Å². The standard InChI is InChI=1S/C29H38N2O5S2/c1-4-5-6-7-20-8-11-23(12-9-20)29(2)16-14-21(15-17-29)27-30-26(19-37-27)38(34,35)31-24-13-10-22(28(32)33)18-25(24)36-3/h10,13-16,18-20,23,31H,4-9,11-12,17H2,1-3H3,(H,32,33)/t20-,23-,29?. The molecule has 2 aliphatic rings. The quantitative estimate of drug-likeness (QED) is 0.279. The Morgan fingerprint density at radius 1 is 1.24 bits per heavy atom. The Bertz CT molecular complexity index is 1310. The molecule has 206 valence electrons. The molecule has 1 unspecified atom stereocenters. The zero-order valence-electron chi connectivity index (χ0n) is 22.4. The van der Waals surface area contributed by atoms with E-state index in [-0.39, 0.29) is 27.4 Å². The molecule has 0 bridgehead atoms. The highest BCUT2D eigenvalue weighted by Gasteiger charge is 2.35. The number of allylic oxidation sites excluding steroid dienone is 4. The van der Waals surface area contributed by atoms with Crippen LogP contribution in [0.3, 0.4) is 0 Å². The van der Waals surface area contributed by atoms with Crippen LogP contribution in [0.1, 0.15) is 87.0 Å². The molecule has 1 fully saturated rings. The zero-order valence-corrected chi connectivity index (χ0v) is 24.0. The van der Waals surface area contributed by atoms with Gasteiger partial charge in [0.15, 0.2) is 5.03 Å². The largest absolute Gasteiger partial charge is 0.495 e. The van der Waals surface area contributed by atoms with Gasteiger partial charge in [0, 0.05) is 11.0 Å². The molecule has 0 aliphatic heterocycles. The third kappa shape index (κ3) is 6.49. The number of ether oxygens (including phenoxy) is 1. The number of nitrogens with zero attached hydrogens (tertiary/aromatic N) is 1. The second-order valence-electron chi connectivity index (χ2n) is 10.7. The van der Waals surface area contributed by atoms with Crippen LogP contribution in [0.5, 0.6) is 5.75 Å². The summed E-state index contributed by atoms with van der Waals surface area (Å²) >= 11 is 1.30. The molecule has 2 aromatic rings. The summed E-state index contributed by atoms with van der Waals surface area (Å²) < 4.78 is 33.7. The van der Waals surface area contributed by atoms with Crippen LogP contribution in [-0.2, 0) is 10.0 Å². The van der Waals surface area contributed by atoms with Crippen molar-refractivity contribution in [2.45, 2.75) is 76.7 Å². The second kappa shape index (κ2) is 12.0. The number of thiazole rings is 1. The molecule has 1 aromatic heterocycles. The molecule has 4 rings (SSSR count). The number of carbonyl (C=O) groups is 1. The lowest BCUT2D eigenvalue weighted by atomic mass is 9.64. The number of hydrogen-bond donors (Lipinski definition) is 2. The predicted octanol–water partition coefficient (Wildman–Crippen LogP) is 7.39. The minimum atomic E-state index is -3.98. The van der Waals surface area contributed by atoms with Gasteiger partial charge in [0.05, 0.1) is 18.4 Å². The van der Waals surface area contributed by atoms with Crippen molar-refractivity contribution >= 4 is 38.6 Å². The van der Waals surface area contributed by atoms with Crippen molar-refractivity contribution in [1.29, 1.82) is 0 Å². The van der Waals surface area contributed by atoms with Crippen molar-refractivity contribution in [3.63, 3.8) is 0 Å². The van der Waals surface area contributed by atoms with Crippen LogP contribution < -0.4 is 9.46 Å². The molecule has 1 saturated carbocycles. The first-order valence-electron chi connectivity index (χ1n) is 13.4. The van der Waals surface area contributed by atoms with E-state index in [0.29, 0.717) is 10.9 Å². The van der Waals surface area contributed by atoms with Crippen LogP contribution in [0, 0.1) is 17.3 Å². The molecular weight excluding hydrogens is 520 g/mol. The zero-order chi connectivity index (χ0) is 27.3. The number of aromatic nitrogens is 1. The van der Waals surface area contributed by atoms with Crippen LogP contribution in [0.25, 0.3) is 5.57 Å². The summed E-state index contributed by atoms with van der Waals surface area (Å²) in [7, 11) is -2.62. The van der Waals surface area contributed by atoms with E-state index in [4.69, 9.17) is 4.74 Å². The highest BCUT2D eigenvalue weighted by molar-refractivity contribution is 7.92. The monoisotopic (exact) mass is 558 g/mol. The third-order valence-electron chi connectivity index (χ3n) is 8.10. The Morgan fingerprint density at radius 3 is 2.63 bits per heavy atom. The minimum absolute atomic E-state index is 0.00350. The summed E-state index contributed by atoms with van der Waals surface area (Å²) in [6.07, 6.45) is 18.1. The number of methoxy groups -OCH3 is 1. The smallest absolute Gasteiger partial charge is 0.335 e. The molecular formula is C29H38N2O5S2. The molecule has 9 heteroatoms. The van der Waals surface area contributed by atoms with Gasteiger partial charge in [-0.15, -0.1) is 11.3 Å². The van der Waals surface area contributed by atoms with Gasteiger partial charge in [-0.1, -0.05) is 70.6 Å². The van der Waals surface area contributed by atoms with Gasteiger partial charge >= 0.3 is 5.97 Å². The van der Waals surface area contributed by atoms with Crippen LogP contribution >= 0.6 is 11.3 Å². The molecule has 0 saturated heterocycles. The van der Waals surface area contributed by atoms with Crippen molar-refractivity contribution in [3.05, 3.63) is 52.4 Å². The predicted molar refractivity (Wildman–Crippen MR) is 152 cm³/mol. The van der Waals surface area contributed by atoms with Crippen LogP contribution in [0.15, 0.2) is 46.8 Å². The molecule has 1 aromatic carbocycles. The normalized spacial score (nSPS) is 23.6. The highest BCUT2D eigenvalue weighted by atomic mass is 32.2. The van der Waals surface area contributed by atoms with Crippen LogP contribution in [0.2, 0.25) is 0 Å². The Balaban J connectivity index is 1.39. The lowest BCUT2D eigenvalue weighted by molar-refractivity contribution is 0.0696. The lowest BCUT2D eigenvalue weighted by Crippen LogP contribution is -2.30. The van der Waals surface area contributed by atoms with Gasteiger partial charge in [-0.05, 0) is 54.7 Å². The van der Waals surface area contributed by atoms with E-state index in [1.807, 2.05) is 0 Å². The molecule has 2 N–H and O–H groups in total. The van der Waals surface area contributed by atoms with E-state index in [1.54, 1.807) is 0 Å². The number of nitrogens with one attached hydrogen (secondary N) is 1. The number of anilines is 1. The average molecular weight is 559 g/mol. The van der Waals surface area contributed by atoms with Crippen molar-refractivity contribution in [3.8, 4) is 5.75 Å². The van der Waals surface area contributed by atoms with E-state index < -0.39 is 16.0 Å². The fourth-order valence-electron chi connectivity index (χ4n) is 5.62. The van der Waals surface area contributed by atoms with E-state index in [2.05, 4.69) is 41.8 Å². The Labute approximate surface area is 230 Å². The fourth-order valence-corrected chi connectivity index (χ4v) is 7.81. The van der Waals surface area contributed by atoms with Crippen molar-refractivity contribution in [1.82, 2.24) is 4.98 Å². The molecule has 0 spiro atoms. The first kappa shape index (κ1) is 28.4. The maximum atomic E-state index is 13.0. The van der Waals surface area contributed by atoms with Crippen LogP contribution in [0.4, 0.5) is 5.69 Å². The Hall–Kier alpha value is -2.65. The highest BCUT2D eigenvalue weighted by Crippen LogP contribution is 2.47. The molecule has 7 nitrogen and oxygen atoms in total. The van der Waals surface area contributed by atoms with E-state index in [0.717, 1.165) is 17.9 Å². The summed E-state index contributed by atoms with van der Waals surface area (Å²) in [5.74, 6) is 0.565. The van der Waals surface area contributed by atoms with E-state index in [9.17, 15) is 18.3 Å². The number of sulfonamides is 1. The van der Waals surface area contributed by atoms with Gasteiger partial charge in [0.25, 0.3) is 10.0 Å². The maximum absolute atomic E-state index is 13.0. The van der Waals surface area contributed by atoms with Crippen molar-refractivity contribution < 1.29 is 23.1 Å². The average Bonchev–Trinajstić information content (AvgIpc) is 3.41. The summed E-state index contributed by atoms with van der Waals surface area (Å²) in [5, 5.41) is 11.3. The molecule has 2 aliphatic carbocycles. The minimum Gasteiger partial charge on any atom is -0.495 e. The molecule has 0 amide bonds. The number of unbranched alkanes of at least 4 members (excludes halogenated alkanes) is 2. The van der Waals surface area contributed by atoms with Gasteiger partial charge < -0.3 is 9.84 Å². The number of carboxylic acid groups (broad SMARTS) is 1. The number of rotatable bonds is 11. The first-order valence-corrected chi connectivity index (χ1v) is 15.8. The van der Waals surface area contributed by atoms with Gasteiger partial charge in [-0.2, -0.15) is 8.42 Å². The second-order valence-corrected chi connectivity index (χ2v) is 13.2. The van der Waals surface area contributed by atoms with Gasteiger partial charge in [0.1, 0.15) is 10.8 Å². The summed E-state index contributed by atoms with van der Waals surface area (Å²) in [6, 6.07) is 3.97. The Kier molecular flexibility index (Phi) is 8.98.